The lowest BCUT2D eigenvalue weighted by atomic mass is 10.00. The highest BCUT2D eigenvalue weighted by Crippen LogP contribution is 2.20. The topological polar surface area (TPSA) is 18.5 Å². The van der Waals surface area contributed by atoms with E-state index in [0.29, 0.717) is 0 Å². The molecule has 2 saturated heterocycles. The minimum absolute atomic E-state index is 0.854. The Bertz CT molecular complexity index is 220. The van der Waals surface area contributed by atoms with E-state index in [-0.39, 0.29) is 0 Å². The largest absolute Gasteiger partial charge is 0.319 e. The van der Waals surface area contributed by atoms with Gasteiger partial charge in [0.25, 0.3) is 0 Å². The molecule has 2 aliphatic rings. The van der Waals surface area contributed by atoms with Crippen LogP contribution in [-0.4, -0.2) is 62.7 Å². The first-order valence-corrected chi connectivity index (χ1v) is 7.37. The second kappa shape index (κ2) is 6.72. The van der Waals surface area contributed by atoms with E-state index in [2.05, 4.69) is 29.2 Å². The molecule has 2 unspecified atom stereocenters. The second-order valence-electron chi connectivity index (χ2n) is 5.93. The Balaban J connectivity index is 1.65. The zero-order valence-electron chi connectivity index (χ0n) is 11.6. The zero-order chi connectivity index (χ0) is 12.1. The average Bonchev–Trinajstić information content (AvgIpc) is 2.76. The molecule has 1 N–H and O–H groups in total. The van der Waals surface area contributed by atoms with Gasteiger partial charge >= 0.3 is 0 Å². The van der Waals surface area contributed by atoms with Crippen LogP contribution in [0.5, 0.6) is 0 Å². The molecule has 0 aliphatic carbocycles. The van der Waals surface area contributed by atoms with Crippen LogP contribution < -0.4 is 5.32 Å². The number of piperidine rings is 1. The quantitative estimate of drug-likeness (QED) is 0.782. The lowest BCUT2D eigenvalue weighted by molar-refractivity contribution is 0.159. The second-order valence-corrected chi connectivity index (χ2v) is 5.93. The molecule has 17 heavy (non-hydrogen) atoms. The Morgan fingerprint density at radius 3 is 2.82 bits per heavy atom. The maximum atomic E-state index is 3.31. The highest BCUT2D eigenvalue weighted by atomic mass is 15.2. The standard InChI is InChI=1S/C14H29N3/c1-15-11-13-6-9-17(12-13)10-7-14-5-3-4-8-16(14)2/h13-15H,3-12H2,1-2H3. The Morgan fingerprint density at radius 1 is 1.18 bits per heavy atom. The van der Waals surface area contributed by atoms with Crippen molar-refractivity contribution in [2.45, 2.75) is 38.1 Å². The van der Waals surface area contributed by atoms with Crippen molar-refractivity contribution >= 4 is 0 Å². The van der Waals surface area contributed by atoms with Gasteiger partial charge in [0.2, 0.25) is 0 Å². The summed E-state index contributed by atoms with van der Waals surface area (Å²) in [4.78, 5) is 5.25. The van der Waals surface area contributed by atoms with Crippen LogP contribution in [0.2, 0.25) is 0 Å². The van der Waals surface area contributed by atoms with Gasteiger partial charge in [0.05, 0.1) is 0 Å². The van der Waals surface area contributed by atoms with Crippen molar-refractivity contribution in [2.75, 3.05) is 46.8 Å². The van der Waals surface area contributed by atoms with Crippen molar-refractivity contribution in [3.8, 4) is 0 Å². The molecule has 0 amide bonds. The van der Waals surface area contributed by atoms with Crippen LogP contribution in [0.3, 0.4) is 0 Å². The van der Waals surface area contributed by atoms with Crippen molar-refractivity contribution in [1.82, 2.24) is 15.1 Å². The molecule has 0 bridgehead atoms. The third-order valence-electron chi connectivity index (χ3n) is 4.56. The van der Waals surface area contributed by atoms with E-state index >= 15 is 0 Å². The van der Waals surface area contributed by atoms with Crippen molar-refractivity contribution < 1.29 is 0 Å². The van der Waals surface area contributed by atoms with Crippen LogP contribution in [0.15, 0.2) is 0 Å². The highest BCUT2D eigenvalue weighted by molar-refractivity contribution is 4.80. The lowest BCUT2D eigenvalue weighted by Gasteiger charge is -2.33. The normalized spacial score (nSPS) is 32.1. The van der Waals surface area contributed by atoms with Crippen molar-refractivity contribution in [2.24, 2.45) is 5.92 Å². The predicted octanol–water partition coefficient (Wildman–Crippen LogP) is 1.40. The molecule has 2 heterocycles. The number of nitrogens with zero attached hydrogens (tertiary/aromatic N) is 2. The molecular weight excluding hydrogens is 210 g/mol. The molecule has 0 aromatic rings. The summed E-state index contributed by atoms with van der Waals surface area (Å²) in [5.74, 6) is 0.893. The van der Waals surface area contributed by atoms with Gasteiger partial charge in [-0.15, -0.1) is 0 Å². The third kappa shape index (κ3) is 3.94. The van der Waals surface area contributed by atoms with Crippen molar-refractivity contribution in [3.05, 3.63) is 0 Å². The summed E-state index contributed by atoms with van der Waals surface area (Å²) >= 11 is 0. The molecule has 100 valence electrons. The van der Waals surface area contributed by atoms with Gasteiger partial charge in [-0.2, -0.15) is 0 Å². The van der Waals surface area contributed by atoms with Gasteiger partial charge in [-0.3, -0.25) is 0 Å². The van der Waals surface area contributed by atoms with Crippen LogP contribution in [0.4, 0.5) is 0 Å². The number of rotatable bonds is 5. The van der Waals surface area contributed by atoms with Crippen LogP contribution in [0.25, 0.3) is 0 Å². The van der Waals surface area contributed by atoms with E-state index in [9.17, 15) is 0 Å². The maximum Gasteiger partial charge on any atom is 0.0104 e. The Morgan fingerprint density at radius 2 is 2.06 bits per heavy atom. The van der Waals surface area contributed by atoms with E-state index in [1.165, 1.54) is 64.8 Å². The Kier molecular flexibility index (Phi) is 5.26. The molecule has 3 heteroatoms. The van der Waals surface area contributed by atoms with Gasteiger partial charge in [-0.25, -0.2) is 0 Å². The van der Waals surface area contributed by atoms with E-state index < -0.39 is 0 Å². The first-order chi connectivity index (χ1) is 8.29. The molecule has 2 atom stereocenters. The summed E-state index contributed by atoms with van der Waals surface area (Å²) in [5.41, 5.74) is 0. The first kappa shape index (κ1) is 13.3. The molecular formula is C14H29N3. The van der Waals surface area contributed by atoms with Gasteiger partial charge in [0.15, 0.2) is 0 Å². The lowest BCUT2D eigenvalue weighted by Crippen LogP contribution is -2.38. The molecule has 0 saturated carbocycles. The number of hydrogen-bond donors (Lipinski definition) is 1. The summed E-state index contributed by atoms with van der Waals surface area (Å²) in [6, 6.07) is 0.854. The fourth-order valence-electron chi connectivity index (χ4n) is 3.41. The predicted molar refractivity (Wildman–Crippen MR) is 73.4 cm³/mol. The van der Waals surface area contributed by atoms with E-state index in [1.807, 2.05) is 0 Å². The molecule has 2 fully saturated rings. The van der Waals surface area contributed by atoms with Crippen LogP contribution in [0.1, 0.15) is 32.1 Å². The summed E-state index contributed by atoms with van der Waals surface area (Å²) in [6.07, 6.45) is 7.03. The Hall–Kier alpha value is -0.120. The molecule has 2 aliphatic heterocycles. The Labute approximate surface area is 107 Å². The van der Waals surface area contributed by atoms with E-state index in [0.717, 1.165) is 12.0 Å². The maximum absolute atomic E-state index is 3.31. The van der Waals surface area contributed by atoms with Crippen LogP contribution in [-0.2, 0) is 0 Å². The summed E-state index contributed by atoms with van der Waals surface area (Å²) in [5, 5.41) is 3.31. The van der Waals surface area contributed by atoms with Gasteiger partial charge in [-0.05, 0) is 71.9 Å². The molecule has 0 radical (unpaired) electrons. The summed E-state index contributed by atoms with van der Waals surface area (Å²) in [6.45, 7) is 6.46. The minimum atomic E-state index is 0.854. The van der Waals surface area contributed by atoms with Gasteiger partial charge < -0.3 is 15.1 Å². The van der Waals surface area contributed by atoms with Crippen molar-refractivity contribution in [1.29, 1.82) is 0 Å². The molecule has 0 aromatic heterocycles. The van der Waals surface area contributed by atoms with Crippen LogP contribution in [0, 0.1) is 5.92 Å². The molecule has 0 spiro atoms. The highest BCUT2D eigenvalue weighted by Gasteiger charge is 2.24. The molecule has 2 rings (SSSR count). The molecule has 0 aromatic carbocycles. The number of hydrogen-bond acceptors (Lipinski definition) is 3. The first-order valence-electron chi connectivity index (χ1n) is 7.37. The third-order valence-corrected chi connectivity index (χ3v) is 4.56. The fourth-order valence-corrected chi connectivity index (χ4v) is 3.41. The monoisotopic (exact) mass is 239 g/mol. The number of likely N-dealkylation sites (tertiary alicyclic amines) is 2. The molecule has 3 nitrogen and oxygen atoms in total. The summed E-state index contributed by atoms with van der Waals surface area (Å²) < 4.78 is 0. The van der Waals surface area contributed by atoms with Gasteiger partial charge in [-0.1, -0.05) is 6.42 Å². The van der Waals surface area contributed by atoms with E-state index in [4.69, 9.17) is 0 Å². The minimum Gasteiger partial charge on any atom is -0.319 e. The smallest absolute Gasteiger partial charge is 0.0104 e. The zero-order valence-corrected chi connectivity index (χ0v) is 11.6. The van der Waals surface area contributed by atoms with Crippen LogP contribution >= 0.6 is 0 Å². The average molecular weight is 239 g/mol. The number of nitrogens with one attached hydrogen (secondary N) is 1. The summed E-state index contributed by atoms with van der Waals surface area (Å²) in [7, 11) is 4.37. The SMILES string of the molecule is CNCC1CCN(CCC2CCCCN2C)C1. The van der Waals surface area contributed by atoms with Crippen molar-refractivity contribution in [3.63, 3.8) is 0 Å². The fraction of sp³-hybridized carbons (Fsp3) is 1.00. The van der Waals surface area contributed by atoms with Gasteiger partial charge in [0.1, 0.15) is 0 Å². The van der Waals surface area contributed by atoms with E-state index in [1.54, 1.807) is 0 Å². The van der Waals surface area contributed by atoms with Gasteiger partial charge in [0, 0.05) is 12.6 Å².